The number of hydrogen-bond acceptors (Lipinski definition) is 6. The molecule has 0 saturated heterocycles. The fraction of sp³-hybridized carbons (Fsp3) is 0.667. The van der Waals surface area contributed by atoms with Crippen LogP contribution in [0.5, 0.6) is 0 Å². The van der Waals surface area contributed by atoms with Gasteiger partial charge in [-0.25, -0.2) is 4.98 Å². The van der Waals surface area contributed by atoms with Gasteiger partial charge < -0.3 is 21.9 Å². The number of rotatable bonds is 5. The molecule has 0 aromatic carbocycles. The van der Waals surface area contributed by atoms with E-state index in [4.69, 9.17) is 11.5 Å². The van der Waals surface area contributed by atoms with Crippen LogP contribution < -0.4 is 16.8 Å². The monoisotopic (exact) mass is 251 g/mol. The molecule has 1 fully saturated rings. The molecule has 1 aliphatic rings. The maximum absolute atomic E-state index is 9.17. The summed E-state index contributed by atoms with van der Waals surface area (Å²) in [6.07, 6.45) is 2.73. The summed E-state index contributed by atoms with van der Waals surface area (Å²) >= 11 is 0. The number of aliphatic hydroxyl groups excluding tert-OH is 1. The molecule has 0 bridgehead atoms. The van der Waals surface area contributed by atoms with Crippen molar-refractivity contribution in [1.29, 1.82) is 0 Å². The van der Waals surface area contributed by atoms with Gasteiger partial charge >= 0.3 is 0 Å². The first-order chi connectivity index (χ1) is 8.62. The van der Waals surface area contributed by atoms with Crippen molar-refractivity contribution in [2.24, 2.45) is 5.73 Å². The molecule has 1 aliphatic carbocycles. The van der Waals surface area contributed by atoms with Crippen LogP contribution in [0.3, 0.4) is 0 Å². The van der Waals surface area contributed by atoms with Crippen molar-refractivity contribution >= 4 is 11.8 Å². The zero-order valence-electron chi connectivity index (χ0n) is 10.6. The first-order valence-electron chi connectivity index (χ1n) is 6.39. The second kappa shape index (κ2) is 5.49. The van der Waals surface area contributed by atoms with Crippen LogP contribution in [0.25, 0.3) is 0 Å². The van der Waals surface area contributed by atoms with Crippen molar-refractivity contribution in [1.82, 2.24) is 9.97 Å². The maximum atomic E-state index is 9.17. The summed E-state index contributed by atoms with van der Waals surface area (Å²) in [6, 6.07) is 2.19. The summed E-state index contributed by atoms with van der Waals surface area (Å²) < 4.78 is 0. The van der Waals surface area contributed by atoms with Crippen molar-refractivity contribution in [3.63, 3.8) is 0 Å². The molecule has 0 aliphatic heterocycles. The Labute approximate surface area is 107 Å². The highest BCUT2D eigenvalue weighted by molar-refractivity contribution is 5.42. The quantitative estimate of drug-likeness (QED) is 0.604. The predicted octanol–water partition coefficient (Wildman–Crippen LogP) is 0.446. The molecular formula is C12H21N5O. The Balaban J connectivity index is 2.11. The van der Waals surface area contributed by atoms with Gasteiger partial charge in [0.05, 0.1) is 18.3 Å². The van der Waals surface area contributed by atoms with Crippen LogP contribution in [0, 0.1) is 0 Å². The summed E-state index contributed by atoms with van der Waals surface area (Å²) in [4.78, 5) is 8.40. The van der Waals surface area contributed by atoms with Crippen molar-refractivity contribution < 1.29 is 5.11 Å². The van der Waals surface area contributed by atoms with Gasteiger partial charge in [0.2, 0.25) is 5.95 Å². The fourth-order valence-electron chi connectivity index (χ4n) is 2.16. The van der Waals surface area contributed by atoms with E-state index >= 15 is 0 Å². The van der Waals surface area contributed by atoms with E-state index in [0.29, 0.717) is 11.7 Å². The molecule has 0 radical (unpaired) electrons. The first kappa shape index (κ1) is 13.0. The van der Waals surface area contributed by atoms with Gasteiger partial charge in [-0.05, 0) is 19.3 Å². The highest BCUT2D eigenvalue weighted by Gasteiger charge is 2.29. The average molecular weight is 251 g/mol. The molecule has 2 rings (SSSR count). The Kier molecular flexibility index (Phi) is 3.98. The van der Waals surface area contributed by atoms with Crippen molar-refractivity contribution in [3.05, 3.63) is 11.8 Å². The molecule has 1 aromatic rings. The van der Waals surface area contributed by atoms with Crippen LogP contribution in [0.4, 0.5) is 11.8 Å². The highest BCUT2D eigenvalue weighted by Crippen LogP contribution is 2.35. The molecule has 1 atom stereocenters. The molecule has 0 amide bonds. The SMILES string of the molecule is CC[C@H](CO)Nc1cc(C2CC(N)C2)nc(N)n1. The largest absolute Gasteiger partial charge is 0.394 e. The number of aromatic nitrogens is 2. The second-order valence-electron chi connectivity index (χ2n) is 4.90. The number of anilines is 2. The van der Waals surface area contributed by atoms with Crippen molar-refractivity contribution in [2.75, 3.05) is 17.7 Å². The van der Waals surface area contributed by atoms with E-state index in [9.17, 15) is 5.11 Å². The van der Waals surface area contributed by atoms with Gasteiger partial charge in [-0.3, -0.25) is 0 Å². The van der Waals surface area contributed by atoms with Gasteiger partial charge in [0.15, 0.2) is 0 Å². The Morgan fingerprint density at radius 3 is 2.78 bits per heavy atom. The Hall–Kier alpha value is -1.40. The molecular weight excluding hydrogens is 230 g/mol. The molecule has 0 unspecified atom stereocenters. The molecule has 1 heterocycles. The van der Waals surface area contributed by atoms with Crippen molar-refractivity contribution in [3.8, 4) is 0 Å². The maximum Gasteiger partial charge on any atom is 0.222 e. The van der Waals surface area contributed by atoms with Gasteiger partial charge in [0.25, 0.3) is 0 Å². The van der Waals surface area contributed by atoms with Gasteiger partial charge in [-0.1, -0.05) is 6.92 Å². The van der Waals surface area contributed by atoms with Crippen LogP contribution in [0.15, 0.2) is 6.07 Å². The number of nitrogens with one attached hydrogen (secondary N) is 1. The van der Waals surface area contributed by atoms with E-state index in [1.54, 1.807) is 0 Å². The average Bonchev–Trinajstić information content (AvgIpc) is 2.31. The number of nitrogens with two attached hydrogens (primary N) is 2. The fourth-order valence-corrected chi connectivity index (χ4v) is 2.16. The second-order valence-corrected chi connectivity index (χ2v) is 4.90. The third-order valence-electron chi connectivity index (χ3n) is 3.42. The summed E-state index contributed by atoms with van der Waals surface area (Å²) in [7, 11) is 0. The zero-order chi connectivity index (χ0) is 13.1. The normalized spacial score (nSPS) is 24.4. The van der Waals surface area contributed by atoms with Crippen LogP contribution in [0.2, 0.25) is 0 Å². The third kappa shape index (κ3) is 2.88. The van der Waals surface area contributed by atoms with E-state index in [0.717, 1.165) is 25.0 Å². The Morgan fingerprint density at radius 2 is 2.22 bits per heavy atom. The van der Waals surface area contributed by atoms with E-state index < -0.39 is 0 Å². The standard InChI is InChI=1S/C12H21N5O/c1-2-9(6-18)15-11-5-10(16-12(14)17-11)7-3-8(13)4-7/h5,7-9,18H,2-4,6,13H2,1H3,(H3,14,15,16,17)/t7?,8?,9-/m1/s1. The van der Waals surface area contributed by atoms with Crippen LogP contribution in [-0.4, -0.2) is 33.8 Å². The van der Waals surface area contributed by atoms with Gasteiger partial charge in [-0.2, -0.15) is 4.98 Å². The molecule has 18 heavy (non-hydrogen) atoms. The van der Waals surface area contributed by atoms with Crippen LogP contribution in [0.1, 0.15) is 37.8 Å². The molecule has 6 nitrogen and oxygen atoms in total. The predicted molar refractivity (Wildman–Crippen MR) is 71.2 cm³/mol. The molecule has 6 heteroatoms. The lowest BCUT2D eigenvalue weighted by atomic mass is 9.78. The molecule has 1 saturated carbocycles. The number of hydrogen-bond donors (Lipinski definition) is 4. The lowest BCUT2D eigenvalue weighted by Gasteiger charge is -2.32. The molecule has 0 spiro atoms. The third-order valence-corrected chi connectivity index (χ3v) is 3.42. The van der Waals surface area contributed by atoms with E-state index in [2.05, 4.69) is 15.3 Å². The minimum absolute atomic E-state index is 0.00389. The Bertz CT molecular complexity index is 401. The summed E-state index contributed by atoms with van der Waals surface area (Å²) in [5, 5.41) is 12.3. The number of nitrogen functional groups attached to an aromatic ring is 1. The van der Waals surface area contributed by atoms with Crippen LogP contribution in [-0.2, 0) is 0 Å². The first-order valence-corrected chi connectivity index (χ1v) is 6.39. The highest BCUT2D eigenvalue weighted by atomic mass is 16.3. The topological polar surface area (TPSA) is 110 Å². The molecule has 1 aromatic heterocycles. The Morgan fingerprint density at radius 1 is 1.50 bits per heavy atom. The van der Waals surface area contributed by atoms with Crippen LogP contribution >= 0.6 is 0 Å². The van der Waals surface area contributed by atoms with E-state index in [1.807, 2.05) is 13.0 Å². The minimum atomic E-state index is -0.00389. The minimum Gasteiger partial charge on any atom is -0.394 e. The van der Waals surface area contributed by atoms with Gasteiger partial charge in [0, 0.05) is 18.0 Å². The summed E-state index contributed by atoms with van der Waals surface area (Å²) in [5.74, 6) is 1.34. The zero-order valence-corrected chi connectivity index (χ0v) is 10.6. The van der Waals surface area contributed by atoms with E-state index in [-0.39, 0.29) is 24.6 Å². The number of nitrogens with zero attached hydrogens (tertiary/aromatic N) is 2. The smallest absolute Gasteiger partial charge is 0.222 e. The molecule has 6 N–H and O–H groups in total. The lowest BCUT2D eigenvalue weighted by molar-refractivity contribution is 0.271. The molecule has 100 valence electrons. The van der Waals surface area contributed by atoms with Crippen molar-refractivity contribution in [2.45, 2.75) is 44.2 Å². The summed E-state index contributed by atoms with van der Waals surface area (Å²) in [6.45, 7) is 2.08. The lowest BCUT2D eigenvalue weighted by Crippen LogP contribution is -2.35. The van der Waals surface area contributed by atoms with E-state index in [1.165, 1.54) is 0 Å². The van der Waals surface area contributed by atoms with Gasteiger partial charge in [-0.15, -0.1) is 0 Å². The number of aliphatic hydroxyl groups is 1. The summed E-state index contributed by atoms with van der Waals surface area (Å²) in [5.41, 5.74) is 12.4. The van der Waals surface area contributed by atoms with Gasteiger partial charge in [0.1, 0.15) is 5.82 Å².